The lowest BCUT2D eigenvalue weighted by Gasteiger charge is -2.32. The highest BCUT2D eigenvalue weighted by atomic mass is 16.2. The fourth-order valence-electron chi connectivity index (χ4n) is 3.48. The second-order valence-electron chi connectivity index (χ2n) is 8.29. The monoisotopic (exact) mass is 408 g/mol. The van der Waals surface area contributed by atoms with E-state index in [0.717, 1.165) is 6.42 Å². The van der Waals surface area contributed by atoms with Crippen LogP contribution in [-0.4, -0.2) is 84.1 Å². The van der Waals surface area contributed by atoms with Gasteiger partial charge in [-0.05, 0) is 39.5 Å². The molecule has 4 amide bonds. The number of hydrogen-bond acceptors (Lipinski definition) is 4. The minimum absolute atomic E-state index is 0.0358. The summed E-state index contributed by atoms with van der Waals surface area (Å²) in [6, 6.07) is -0.663. The Morgan fingerprint density at radius 2 is 1.76 bits per heavy atom. The number of likely N-dealkylation sites (N-methyl/N-ethyl adjacent to an activating group) is 2. The third kappa shape index (κ3) is 6.30. The van der Waals surface area contributed by atoms with Crippen molar-refractivity contribution in [3.05, 3.63) is 11.6 Å². The quantitative estimate of drug-likeness (QED) is 0.456. The molecule has 8 nitrogen and oxygen atoms in total. The minimum Gasteiger partial charge on any atom is -0.350 e. The van der Waals surface area contributed by atoms with Crippen molar-refractivity contribution < 1.29 is 19.2 Å². The summed E-state index contributed by atoms with van der Waals surface area (Å²) in [6.07, 6.45) is 3.74. The zero-order valence-corrected chi connectivity index (χ0v) is 18.8. The maximum Gasteiger partial charge on any atom is 0.249 e. The van der Waals surface area contributed by atoms with Crippen molar-refractivity contribution >= 4 is 24.1 Å². The first-order valence-electron chi connectivity index (χ1n) is 10.2. The lowest BCUT2D eigenvalue weighted by Crippen LogP contribution is -2.49. The van der Waals surface area contributed by atoms with Gasteiger partial charge in [-0.15, -0.1) is 0 Å². The van der Waals surface area contributed by atoms with E-state index in [1.54, 1.807) is 36.9 Å². The highest BCUT2D eigenvalue weighted by Crippen LogP contribution is 2.23. The van der Waals surface area contributed by atoms with Gasteiger partial charge in [0.25, 0.3) is 0 Å². The van der Waals surface area contributed by atoms with E-state index in [2.05, 4.69) is 5.32 Å². The molecule has 1 saturated heterocycles. The molecule has 0 radical (unpaired) electrons. The molecule has 1 rings (SSSR count). The van der Waals surface area contributed by atoms with E-state index in [1.165, 1.54) is 4.90 Å². The SMILES string of the molecule is CC(=C[C@H](C(C)C)N(C)C(=O)CNC=O)C(=O)N1CCC[C@H]1C(=O)N(C)C(C)C. The first kappa shape index (κ1) is 24.7. The summed E-state index contributed by atoms with van der Waals surface area (Å²) >= 11 is 0. The van der Waals surface area contributed by atoms with Crippen molar-refractivity contribution in [2.75, 3.05) is 27.2 Å². The molecule has 8 heteroatoms. The average Bonchev–Trinajstić information content (AvgIpc) is 3.16. The fourth-order valence-corrected chi connectivity index (χ4v) is 3.48. The second-order valence-corrected chi connectivity index (χ2v) is 8.29. The van der Waals surface area contributed by atoms with Crippen LogP contribution < -0.4 is 5.32 Å². The van der Waals surface area contributed by atoms with Gasteiger partial charge in [-0.2, -0.15) is 0 Å². The molecule has 29 heavy (non-hydrogen) atoms. The van der Waals surface area contributed by atoms with Crippen LogP contribution in [0, 0.1) is 5.92 Å². The molecule has 0 aliphatic carbocycles. The first-order valence-corrected chi connectivity index (χ1v) is 10.2. The molecule has 0 bridgehead atoms. The molecule has 0 unspecified atom stereocenters. The molecule has 164 valence electrons. The molecule has 1 aliphatic heterocycles. The summed E-state index contributed by atoms with van der Waals surface area (Å²) in [6.45, 7) is 10.0. The molecule has 1 N–H and O–H groups in total. The van der Waals surface area contributed by atoms with Crippen LogP contribution in [-0.2, 0) is 19.2 Å². The van der Waals surface area contributed by atoms with Crippen LogP contribution in [0.2, 0.25) is 0 Å². The van der Waals surface area contributed by atoms with E-state index in [0.29, 0.717) is 24.9 Å². The molecular formula is C21H36N4O4. The Morgan fingerprint density at radius 1 is 1.14 bits per heavy atom. The molecule has 2 atom stereocenters. The molecular weight excluding hydrogens is 372 g/mol. The smallest absolute Gasteiger partial charge is 0.249 e. The van der Waals surface area contributed by atoms with Crippen molar-refractivity contribution in [1.29, 1.82) is 0 Å². The van der Waals surface area contributed by atoms with E-state index in [9.17, 15) is 19.2 Å². The predicted octanol–water partition coefficient (Wildman–Crippen LogP) is 1.02. The molecule has 1 aliphatic rings. The van der Waals surface area contributed by atoms with Crippen LogP contribution in [0.1, 0.15) is 47.5 Å². The van der Waals surface area contributed by atoms with E-state index >= 15 is 0 Å². The van der Waals surface area contributed by atoms with Crippen molar-refractivity contribution in [3.8, 4) is 0 Å². The van der Waals surface area contributed by atoms with Crippen LogP contribution >= 0.6 is 0 Å². The molecule has 1 heterocycles. The third-order valence-corrected chi connectivity index (χ3v) is 5.54. The Labute approximate surface area is 174 Å². The number of amides is 4. The number of carbonyl (C=O) groups is 4. The molecule has 1 fully saturated rings. The van der Waals surface area contributed by atoms with Gasteiger partial charge in [0.05, 0.1) is 12.6 Å². The van der Waals surface area contributed by atoms with Gasteiger partial charge in [-0.1, -0.05) is 19.9 Å². The third-order valence-electron chi connectivity index (χ3n) is 5.54. The summed E-state index contributed by atoms with van der Waals surface area (Å²) in [7, 11) is 3.42. The van der Waals surface area contributed by atoms with E-state index in [-0.39, 0.29) is 42.3 Å². The Morgan fingerprint density at radius 3 is 2.28 bits per heavy atom. The van der Waals surface area contributed by atoms with Crippen molar-refractivity contribution in [2.45, 2.75) is 65.6 Å². The highest BCUT2D eigenvalue weighted by molar-refractivity contribution is 5.97. The van der Waals surface area contributed by atoms with Crippen molar-refractivity contribution in [3.63, 3.8) is 0 Å². The van der Waals surface area contributed by atoms with Crippen LogP contribution in [0.25, 0.3) is 0 Å². The Bertz CT molecular complexity index is 645. The molecule has 0 aromatic heterocycles. The largest absolute Gasteiger partial charge is 0.350 e. The molecule has 0 aromatic rings. The van der Waals surface area contributed by atoms with E-state index < -0.39 is 6.04 Å². The van der Waals surface area contributed by atoms with E-state index in [1.807, 2.05) is 27.7 Å². The Balaban J connectivity index is 3.00. The maximum atomic E-state index is 13.1. The zero-order chi connectivity index (χ0) is 22.3. The highest BCUT2D eigenvalue weighted by Gasteiger charge is 2.36. The van der Waals surface area contributed by atoms with Crippen molar-refractivity contribution in [2.24, 2.45) is 5.92 Å². The number of carbonyl (C=O) groups excluding carboxylic acids is 4. The topological polar surface area (TPSA) is 90.0 Å². The Hall–Kier alpha value is -2.38. The maximum absolute atomic E-state index is 13.1. The average molecular weight is 409 g/mol. The van der Waals surface area contributed by atoms with Crippen LogP contribution in [0.4, 0.5) is 0 Å². The number of nitrogens with zero attached hydrogens (tertiary/aromatic N) is 3. The standard InChI is InChI=1S/C21H36N4O4/c1-14(2)18(24(7)19(27)12-22-13-26)11-16(5)20(28)25-10-8-9-17(25)21(29)23(6)15(3)4/h11,13-15,17-18H,8-10,12H2,1-7H3,(H,22,26)/t17-,18+/m0/s1. The van der Waals surface area contributed by atoms with Gasteiger partial charge in [0.2, 0.25) is 24.1 Å². The normalized spacial score (nSPS) is 18.0. The summed E-state index contributed by atoms with van der Waals surface area (Å²) < 4.78 is 0. The summed E-state index contributed by atoms with van der Waals surface area (Å²) in [5.74, 6) is -0.368. The van der Waals surface area contributed by atoms with Crippen LogP contribution in [0.3, 0.4) is 0 Å². The van der Waals surface area contributed by atoms with Gasteiger partial charge < -0.3 is 20.0 Å². The molecule has 0 aromatic carbocycles. The minimum atomic E-state index is -0.438. The van der Waals surface area contributed by atoms with Gasteiger partial charge in [0.1, 0.15) is 6.04 Å². The summed E-state index contributed by atoms with van der Waals surface area (Å²) in [4.78, 5) is 53.5. The predicted molar refractivity (Wildman–Crippen MR) is 112 cm³/mol. The summed E-state index contributed by atoms with van der Waals surface area (Å²) in [5, 5.41) is 2.37. The Kier molecular flexibility index (Phi) is 9.33. The zero-order valence-electron chi connectivity index (χ0n) is 18.8. The summed E-state index contributed by atoms with van der Waals surface area (Å²) in [5.41, 5.74) is 0.513. The first-order chi connectivity index (χ1) is 13.5. The number of rotatable bonds is 9. The van der Waals surface area contributed by atoms with Gasteiger partial charge in [-0.25, -0.2) is 0 Å². The number of hydrogen-bond donors (Lipinski definition) is 1. The molecule has 0 spiro atoms. The fraction of sp³-hybridized carbons (Fsp3) is 0.714. The van der Waals surface area contributed by atoms with E-state index in [4.69, 9.17) is 0 Å². The van der Waals surface area contributed by atoms with Gasteiger partial charge in [0, 0.05) is 32.3 Å². The van der Waals surface area contributed by atoms with Crippen LogP contribution in [0.5, 0.6) is 0 Å². The van der Waals surface area contributed by atoms with Gasteiger partial charge in [0.15, 0.2) is 0 Å². The molecule has 0 saturated carbocycles. The lowest BCUT2D eigenvalue weighted by atomic mass is 9.99. The number of likely N-dealkylation sites (tertiary alicyclic amines) is 1. The van der Waals surface area contributed by atoms with Crippen molar-refractivity contribution in [1.82, 2.24) is 20.0 Å². The second kappa shape index (κ2) is 11.0. The van der Waals surface area contributed by atoms with Gasteiger partial charge in [-0.3, -0.25) is 19.2 Å². The lowest BCUT2D eigenvalue weighted by molar-refractivity contribution is -0.142. The van der Waals surface area contributed by atoms with Crippen LogP contribution in [0.15, 0.2) is 11.6 Å². The van der Waals surface area contributed by atoms with Gasteiger partial charge >= 0.3 is 0 Å². The number of nitrogens with one attached hydrogen (secondary N) is 1.